The second kappa shape index (κ2) is 6.07. The number of piperidine rings is 1. The van der Waals surface area contributed by atoms with Crippen molar-refractivity contribution < 1.29 is 24.2 Å². The quantitative estimate of drug-likeness (QED) is 0.882. The fraction of sp³-hybridized carbons (Fsp3) is 0.529. The highest BCUT2D eigenvalue weighted by molar-refractivity contribution is 6.05. The normalized spacial score (nSPS) is 25.6. The van der Waals surface area contributed by atoms with Crippen molar-refractivity contribution >= 4 is 11.6 Å². The van der Waals surface area contributed by atoms with Crippen molar-refractivity contribution in [3.63, 3.8) is 0 Å². The first kappa shape index (κ1) is 15.4. The Morgan fingerprint density at radius 2 is 1.92 bits per heavy atom. The van der Waals surface area contributed by atoms with Gasteiger partial charge < -0.3 is 24.3 Å². The Morgan fingerprint density at radius 3 is 2.62 bits per heavy atom. The molecule has 0 saturated carbocycles. The Bertz CT molecular complexity index is 659. The minimum Gasteiger partial charge on any atom is -0.507 e. The van der Waals surface area contributed by atoms with Crippen LogP contribution in [-0.4, -0.2) is 59.8 Å². The Morgan fingerprint density at radius 1 is 1.21 bits per heavy atom. The largest absolute Gasteiger partial charge is 0.507 e. The van der Waals surface area contributed by atoms with Gasteiger partial charge in [-0.3, -0.25) is 4.79 Å². The molecular formula is C17H20N2O5. The van der Waals surface area contributed by atoms with Crippen LogP contribution >= 0.6 is 0 Å². The lowest BCUT2D eigenvalue weighted by molar-refractivity contribution is -0.189. The molecule has 7 heteroatoms. The number of ether oxygens (including phenoxy) is 2. The molecule has 128 valence electrons. The minimum absolute atomic E-state index is 0.0722. The van der Waals surface area contributed by atoms with Crippen molar-refractivity contribution in [1.29, 1.82) is 0 Å². The third-order valence-corrected chi connectivity index (χ3v) is 4.81. The van der Waals surface area contributed by atoms with E-state index in [4.69, 9.17) is 14.3 Å². The molecule has 0 radical (unpaired) electrons. The van der Waals surface area contributed by atoms with Crippen LogP contribution in [0.2, 0.25) is 0 Å². The molecule has 0 aromatic heterocycles. The fourth-order valence-corrected chi connectivity index (χ4v) is 3.44. The van der Waals surface area contributed by atoms with Crippen LogP contribution in [0.4, 0.5) is 0 Å². The van der Waals surface area contributed by atoms with Crippen LogP contribution in [0, 0.1) is 0 Å². The number of hydrogen-bond acceptors (Lipinski definition) is 6. The van der Waals surface area contributed by atoms with Gasteiger partial charge >= 0.3 is 0 Å². The number of carbonyl (C=O) groups excluding carboxylic acids is 1. The van der Waals surface area contributed by atoms with Gasteiger partial charge in [-0.1, -0.05) is 17.3 Å². The predicted octanol–water partition coefficient (Wildman–Crippen LogP) is 1.25. The molecule has 7 nitrogen and oxygen atoms in total. The predicted molar refractivity (Wildman–Crippen MR) is 84.6 cm³/mol. The van der Waals surface area contributed by atoms with Gasteiger partial charge in [0.1, 0.15) is 5.75 Å². The second-order valence-electron chi connectivity index (χ2n) is 6.29. The van der Waals surface area contributed by atoms with Gasteiger partial charge in [-0.05, 0) is 12.1 Å². The van der Waals surface area contributed by atoms with Crippen molar-refractivity contribution in [3.05, 3.63) is 29.8 Å². The smallest absolute Gasteiger partial charge is 0.266 e. The number of phenols is 1. The van der Waals surface area contributed by atoms with E-state index in [1.807, 2.05) is 6.07 Å². The van der Waals surface area contributed by atoms with Crippen molar-refractivity contribution in [2.45, 2.75) is 31.2 Å². The number of hydrogen-bond donors (Lipinski definition) is 1. The monoisotopic (exact) mass is 332 g/mol. The van der Waals surface area contributed by atoms with Gasteiger partial charge in [0, 0.05) is 37.9 Å². The highest BCUT2D eigenvalue weighted by atomic mass is 16.7. The number of carbonyl (C=O) groups is 1. The number of likely N-dealkylation sites (tertiary alicyclic amines) is 1. The molecule has 1 N–H and O–H groups in total. The van der Waals surface area contributed by atoms with E-state index in [1.165, 1.54) is 0 Å². The molecule has 24 heavy (non-hydrogen) atoms. The zero-order chi connectivity index (χ0) is 16.6. The molecule has 1 spiro atoms. The van der Waals surface area contributed by atoms with Crippen LogP contribution in [0.1, 0.15) is 24.8 Å². The van der Waals surface area contributed by atoms with Gasteiger partial charge in [-0.25, -0.2) is 0 Å². The number of phenolic OH excluding ortho intramolecular Hbond substituents is 1. The van der Waals surface area contributed by atoms with E-state index in [0.717, 1.165) is 0 Å². The zero-order valence-electron chi connectivity index (χ0n) is 13.3. The summed E-state index contributed by atoms with van der Waals surface area (Å²) in [5, 5.41) is 13.9. The van der Waals surface area contributed by atoms with Crippen LogP contribution in [0.15, 0.2) is 29.4 Å². The van der Waals surface area contributed by atoms with Crippen molar-refractivity contribution in [2.24, 2.45) is 5.16 Å². The van der Waals surface area contributed by atoms with E-state index in [1.54, 1.807) is 23.1 Å². The summed E-state index contributed by atoms with van der Waals surface area (Å²) in [6, 6.07) is 6.93. The molecule has 3 aliphatic heterocycles. The maximum atomic E-state index is 12.6. The Kier molecular flexibility index (Phi) is 3.90. The first-order valence-electron chi connectivity index (χ1n) is 8.25. The van der Waals surface area contributed by atoms with Crippen molar-refractivity contribution in [3.8, 4) is 5.75 Å². The third kappa shape index (κ3) is 2.74. The number of aromatic hydroxyl groups is 1. The molecule has 0 bridgehead atoms. The van der Waals surface area contributed by atoms with Crippen molar-refractivity contribution in [1.82, 2.24) is 4.90 Å². The summed E-state index contributed by atoms with van der Waals surface area (Å²) in [6.07, 6.45) is 1.10. The molecule has 4 rings (SSSR count). The topological polar surface area (TPSA) is 80.6 Å². The molecule has 3 aliphatic rings. The standard InChI is InChI=1S/C17H20N2O5/c20-14-4-2-1-3-12(14)13-11-15(24-18-13)16(21)19-7-5-17(6-8-19)22-9-10-23-17/h1-4,15,20H,5-11H2/t15-/m0/s1. The first-order valence-corrected chi connectivity index (χ1v) is 8.25. The minimum atomic E-state index is -0.626. The van der Waals surface area contributed by atoms with Crippen LogP contribution in [0.25, 0.3) is 0 Å². The van der Waals surface area contributed by atoms with E-state index in [-0.39, 0.29) is 11.7 Å². The first-order chi connectivity index (χ1) is 11.7. The van der Waals surface area contributed by atoms with Crippen LogP contribution in [0.5, 0.6) is 5.75 Å². The molecule has 1 amide bonds. The maximum absolute atomic E-state index is 12.6. The molecule has 1 aromatic carbocycles. The van der Waals surface area contributed by atoms with Gasteiger partial charge in [-0.15, -0.1) is 0 Å². The molecule has 0 unspecified atom stereocenters. The maximum Gasteiger partial charge on any atom is 0.266 e. The number of oxime groups is 1. The van der Waals surface area contributed by atoms with E-state index >= 15 is 0 Å². The lowest BCUT2D eigenvalue weighted by Crippen LogP contribution is -2.50. The van der Waals surface area contributed by atoms with Crippen LogP contribution < -0.4 is 0 Å². The Balaban J connectivity index is 1.36. The molecule has 1 atom stereocenters. The molecule has 0 aliphatic carbocycles. The van der Waals surface area contributed by atoms with E-state index in [0.29, 0.717) is 56.8 Å². The van der Waals surface area contributed by atoms with Crippen molar-refractivity contribution in [2.75, 3.05) is 26.3 Å². The summed E-state index contributed by atoms with van der Waals surface area (Å²) in [7, 11) is 0. The van der Waals surface area contributed by atoms with Gasteiger partial charge in [0.15, 0.2) is 5.79 Å². The average Bonchev–Trinajstić information content (AvgIpc) is 3.26. The summed E-state index contributed by atoms with van der Waals surface area (Å²) >= 11 is 0. The summed E-state index contributed by atoms with van der Waals surface area (Å²) in [4.78, 5) is 19.8. The lowest BCUT2D eigenvalue weighted by Gasteiger charge is -2.38. The van der Waals surface area contributed by atoms with Gasteiger partial charge in [0.05, 0.1) is 18.9 Å². The molecule has 1 aromatic rings. The molecule has 2 fully saturated rings. The number of para-hydroxylation sites is 1. The van der Waals surface area contributed by atoms with E-state index < -0.39 is 11.9 Å². The number of nitrogens with zero attached hydrogens (tertiary/aromatic N) is 2. The van der Waals surface area contributed by atoms with Gasteiger partial charge in [0.2, 0.25) is 6.10 Å². The molecule has 2 saturated heterocycles. The number of benzene rings is 1. The lowest BCUT2D eigenvalue weighted by atomic mass is 10.0. The van der Waals surface area contributed by atoms with E-state index in [2.05, 4.69) is 5.16 Å². The summed E-state index contributed by atoms with van der Waals surface area (Å²) in [6.45, 7) is 2.42. The highest BCUT2D eigenvalue weighted by Crippen LogP contribution is 2.32. The summed E-state index contributed by atoms with van der Waals surface area (Å²) < 4.78 is 11.4. The Labute approximate surface area is 139 Å². The second-order valence-corrected chi connectivity index (χ2v) is 6.29. The average molecular weight is 332 g/mol. The van der Waals surface area contributed by atoms with Gasteiger partial charge in [0.25, 0.3) is 5.91 Å². The Hall–Kier alpha value is -2.12. The zero-order valence-corrected chi connectivity index (χ0v) is 13.3. The van der Waals surface area contributed by atoms with Gasteiger partial charge in [-0.2, -0.15) is 0 Å². The molecule has 3 heterocycles. The van der Waals surface area contributed by atoms with Crippen LogP contribution in [-0.2, 0) is 19.1 Å². The fourth-order valence-electron chi connectivity index (χ4n) is 3.44. The summed E-state index contributed by atoms with van der Waals surface area (Å²) in [5.41, 5.74) is 1.21. The highest BCUT2D eigenvalue weighted by Gasteiger charge is 2.42. The third-order valence-electron chi connectivity index (χ3n) is 4.81. The SMILES string of the molecule is O=C([C@@H]1CC(c2ccccc2O)=NO1)N1CCC2(CC1)OCCO2. The number of rotatable bonds is 2. The summed E-state index contributed by atoms with van der Waals surface area (Å²) in [5.74, 6) is -0.425. The molecular weight excluding hydrogens is 312 g/mol. The number of amides is 1. The van der Waals surface area contributed by atoms with E-state index in [9.17, 15) is 9.90 Å². The van der Waals surface area contributed by atoms with Crippen LogP contribution in [0.3, 0.4) is 0 Å².